The van der Waals surface area contributed by atoms with Crippen molar-refractivity contribution >= 4 is 23.4 Å². The minimum Gasteiger partial charge on any atom is -0.504 e. The summed E-state index contributed by atoms with van der Waals surface area (Å²) in [6, 6.07) is 11.5. The normalized spacial score (nSPS) is 10.6. The molecule has 0 aliphatic heterocycles. The molecule has 2 aromatic carbocycles. The van der Waals surface area contributed by atoms with Gasteiger partial charge in [-0.05, 0) is 29.8 Å². The standard InChI is InChI=1S/C17H13N3O5/c1-25-16-8-11(5-6-15(16)21)7-12(10-18)17(22)19-13-3-2-4-14(9-13)20(23)24/h2-9,21H,1H3,(H,19,22). The number of nitro benzene ring substituents is 1. The van der Waals surface area contributed by atoms with Crippen molar-refractivity contribution < 1.29 is 19.6 Å². The summed E-state index contributed by atoms with van der Waals surface area (Å²) in [7, 11) is 1.38. The molecule has 0 unspecified atom stereocenters. The lowest BCUT2D eigenvalue weighted by molar-refractivity contribution is -0.384. The Labute approximate surface area is 142 Å². The van der Waals surface area contributed by atoms with Crippen molar-refractivity contribution in [1.82, 2.24) is 0 Å². The molecule has 0 heterocycles. The predicted molar refractivity (Wildman–Crippen MR) is 90.0 cm³/mol. The van der Waals surface area contributed by atoms with Crippen molar-refractivity contribution in [2.24, 2.45) is 0 Å². The molecule has 0 fully saturated rings. The van der Waals surface area contributed by atoms with Gasteiger partial charge in [0.1, 0.15) is 11.6 Å². The van der Waals surface area contributed by atoms with Crippen LogP contribution in [0.5, 0.6) is 11.5 Å². The summed E-state index contributed by atoms with van der Waals surface area (Å²) < 4.78 is 4.97. The molecule has 0 aliphatic carbocycles. The van der Waals surface area contributed by atoms with Crippen LogP contribution in [0.4, 0.5) is 11.4 Å². The molecule has 8 nitrogen and oxygen atoms in total. The van der Waals surface area contributed by atoms with Crippen LogP contribution in [0.2, 0.25) is 0 Å². The summed E-state index contributed by atoms with van der Waals surface area (Å²) in [5.41, 5.74) is 0.284. The summed E-state index contributed by atoms with van der Waals surface area (Å²) in [4.78, 5) is 22.4. The van der Waals surface area contributed by atoms with Crippen LogP contribution in [0, 0.1) is 21.4 Å². The van der Waals surface area contributed by atoms with E-state index in [1.165, 1.54) is 55.7 Å². The van der Waals surface area contributed by atoms with Crippen LogP contribution >= 0.6 is 0 Å². The molecule has 2 N–H and O–H groups in total. The number of aromatic hydroxyl groups is 1. The van der Waals surface area contributed by atoms with E-state index in [-0.39, 0.29) is 28.4 Å². The maximum Gasteiger partial charge on any atom is 0.271 e. The van der Waals surface area contributed by atoms with E-state index in [1.54, 1.807) is 6.07 Å². The van der Waals surface area contributed by atoms with Crippen LogP contribution in [0.15, 0.2) is 48.0 Å². The van der Waals surface area contributed by atoms with Crippen molar-refractivity contribution in [3.05, 3.63) is 63.7 Å². The zero-order valence-corrected chi connectivity index (χ0v) is 13.1. The molecule has 2 aromatic rings. The number of amides is 1. The van der Waals surface area contributed by atoms with Gasteiger partial charge in [-0.3, -0.25) is 14.9 Å². The molecule has 0 bridgehead atoms. The van der Waals surface area contributed by atoms with Gasteiger partial charge in [0.05, 0.1) is 12.0 Å². The summed E-state index contributed by atoms with van der Waals surface area (Å²) in [6.45, 7) is 0. The summed E-state index contributed by atoms with van der Waals surface area (Å²) >= 11 is 0. The summed E-state index contributed by atoms with van der Waals surface area (Å²) in [6.07, 6.45) is 1.31. The fraction of sp³-hybridized carbons (Fsp3) is 0.0588. The maximum absolute atomic E-state index is 12.2. The molecule has 0 radical (unpaired) electrons. The molecular formula is C17H13N3O5. The number of nitrogens with zero attached hydrogens (tertiary/aromatic N) is 2. The molecule has 2 rings (SSSR count). The quantitative estimate of drug-likeness (QED) is 0.373. The Morgan fingerprint density at radius 3 is 2.76 bits per heavy atom. The van der Waals surface area contributed by atoms with E-state index < -0.39 is 10.8 Å². The third-order valence-electron chi connectivity index (χ3n) is 3.19. The highest BCUT2D eigenvalue weighted by Gasteiger charge is 2.12. The third-order valence-corrected chi connectivity index (χ3v) is 3.19. The van der Waals surface area contributed by atoms with E-state index in [4.69, 9.17) is 4.74 Å². The number of methoxy groups -OCH3 is 1. The number of non-ortho nitro benzene ring substituents is 1. The molecular weight excluding hydrogens is 326 g/mol. The number of hydrogen-bond donors (Lipinski definition) is 2. The number of ether oxygens (including phenoxy) is 1. The largest absolute Gasteiger partial charge is 0.504 e. The first-order chi connectivity index (χ1) is 11.9. The third kappa shape index (κ3) is 4.33. The van der Waals surface area contributed by atoms with Crippen LogP contribution in [-0.4, -0.2) is 23.0 Å². The van der Waals surface area contributed by atoms with E-state index in [1.807, 2.05) is 0 Å². The predicted octanol–water partition coefficient (Wildman–Crippen LogP) is 2.85. The molecule has 8 heteroatoms. The van der Waals surface area contributed by atoms with Crippen LogP contribution in [0.3, 0.4) is 0 Å². The highest BCUT2D eigenvalue weighted by atomic mass is 16.6. The van der Waals surface area contributed by atoms with Crippen LogP contribution in [0.1, 0.15) is 5.56 Å². The topological polar surface area (TPSA) is 125 Å². The summed E-state index contributed by atoms with van der Waals surface area (Å²) in [5, 5.41) is 31.9. The number of phenolic OH excluding ortho intramolecular Hbond substituents is 1. The van der Waals surface area contributed by atoms with E-state index in [0.29, 0.717) is 5.56 Å². The van der Waals surface area contributed by atoms with E-state index >= 15 is 0 Å². The number of hydrogen-bond acceptors (Lipinski definition) is 6. The average Bonchev–Trinajstić information content (AvgIpc) is 2.61. The van der Waals surface area contributed by atoms with Gasteiger partial charge in [0.15, 0.2) is 11.5 Å². The Balaban J connectivity index is 2.25. The molecule has 0 saturated carbocycles. The zero-order valence-electron chi connectivity index (χ0n) is 13.1. The van der Waals surface area contributed by atoms with Gasteiger partial charge in [-0.2, -0.15) is 5.26 Å². The Bertz CT molecular complexity index is 899. The second-order valence-electron chi connectivity index (χ2n) is 4.86. The second-order valence-corrected chi connectivity index (χ2v) is 4.86. The van der Waals surface area contributed by atoms with Crippen LogP contribution in [0.25, 0.3) is 6.08 Å². The molecule has 0 saturated heterocycles. The number of rotatable bonds is 5. The van der Waals surface area contributed by atoms with Crippen LogP contribution < -0.4 is 10.1 Å². The van der Waals surface area contributed by atoms with Gasteiger partial charge in [-0.25, -0.2) is 0 Å². The molecule has 0 atom stereocenters. The highest BCUT2D eigenvalue weighted by Crippen LogP contribution is 2.27. The number of benzene rings is 2. The number of carbonyl (C=O) groups is 1. The highest BCUT2D eigenvalue weighted by molar-refractivity contribution is 6.09. The number of carbonyl (C=O) groups excluding carboxylic acids is 1. The lowest BCUT2D eigenvalue weighted by Gasteiger charge is -2.06. The van der Waals surface area contributed by atoms with Crippen LogP contribution in [-0.2, 0) is 4.79 Å². The Hall–Kier alpha value is -3.86. The molecule has 126 valence electrons. The smallest absolute Gasteiger partial charge is 0.271 e. The van der Waals surface area contributed by atoms with Gasteiger partial charge in [-0.15, -0.1) is 0 Å². The van der Waals surface area contributed by atoms with Gasteiger partial charge in [0.2, 0.25) is 0 Å². The lowest BCUT2D eigenvalue weighted by Crippen LogP contribution is -2.13. The SMILES string of the molecule is COc1cc(C=C(C#N)C(=O)Nc2cccc([N+](=O)[O-])c2)ccc1O. The zero-order chi connectivity index (χ0) is 18.4. The molecule has 0 spiro atoms. The first-order valence-electron chi connectivity index (χ1n) is 6.99. The first-order valence-corrected chi connectivity index (χ1v) is 6.99. The van der Waals surface area contributed by atoms with Crippen molar-refractivity contribution in [1.29, 1.82) is 5.26 Å². The Morgan fingerprint density at radius 1 is 1.36 bits per heavy atom. The number of phenols is 1. The van der Waals surface area contributed by atoms with Crippen molar-refractivity contribution in [2.45, 2.75) is 0 Å². The molecule has 1 amide bonds. The monoisotopic (exact) mass is 339 g/mol. The summed E-state index contributed by atoms with van der Waals surface area (Å²) in [5.74, 6) is -0.584. The fourth-order valence-corrected chi connectivity index (χ4v) is 1.99. The minimum atomic E-state index is -0.713. The Morgan fingerprint density at radius 2 is 2.12 bits per heavy atom. The number of nitro groups is 1. The number of nitriles is 1. The van der Waals surface area contributed by atoms with Gasteiger partial charge in [0.25, 0.3) is 11.6 Å². The van der Waals surface area contributed by atoms with Gasteiger partial charge < -0.3 is 15.2 Å². The lowest BCUT2D eigenvalue weighted by atomic mass is 10.1. The molecule has 25 heavy (non-hydrogen) atoms. The van der Waals surface area contributed by atoms with Crippen molar-refractivity contribution in [3.8, 4) is 17.6 Å². The molecule has 0 aliphatic rings. The molecule has 0 aromatic heterocycles. The minimum absolute atomic E-state index is 0.0702. The van der Waals surface area contributed by atoms with Gasteiger partial charge >= 0.3 is 0 Å². The Kier molecular flexibility index (Phi) is 5.32. The number of anilines is 1. The van der Waals surface area contributed by atoms with Crippen molar-refractivity contribution in [3.63, 3.8) is 0 Å². The van der Waals surface area contributed by atoms with Gasteiger partial charge in [0, 0.05) is 17.8 Å². The van der Waals surface area contributed by atoms with E-state index in [9.17, 15) is 25.3 Å². The van der Waals surface area contributed by atoms with Crippen molar-refractivity contribution in [2.75, 3.05) is 12.4 Å². The average molecular weight is 339 g/mol. The van der Waals surface area contributed by atoms with E-state index in [2.05, 4.69) is 5.32 Å². The second kappa shape index (κ2) is 7.61. The fourth-order valence-electron chi connectivity index (χ4n) is 1.99. The number of nitrogens with one attached hydrogen (secondary N) is 1. The maximum atomic E-state index is 12.2. The first kappa shape index (κ1) is 17.5. The van der Waals surface area contributed by atoms with E-state index in [0.717, 1.165) is 0 Å². The van der Waals surface area contributed by atoms with Gasteiger partial charge in [-0.1, -0.05) is 12.1 Å².